The van der Waals surface area contributed by atoms with Gasteiger partial charge in [-0.3, -0.25) is 14.2 Å². The Morgan fingerprint density at radius 2 is 1.65 bits per heavy atom. The van der Waals surface area contributed by atoms with E-state index < -0.39 is 25.6 Å². The van der Waals surface area contributed by atoms with E-state index >= 15 is 0 Å². The highest BCUT2D eigenvalue weighted by molar-refractivity contribution is 7.53. The van der Waals surface area contributed by atoms with Crippen LogP contribution in [0.3, 0.4) is 0 Å². The lowest BCUT2D eigenvalue weighted by molar-refractivity contribution is -0.135. The van der Waals surface area contributed by atoms with Gasteiger partial charge in [0.1, 0.15) is 17.6 Å². The standard InChI is InChI=1S/C34H51N6O8P/c1-5-8-22-46-34(43)39-20-18-38(19-21-39)33(42)28(15-12-23-49(44,47-6-2)48-7-3)36-32(41)29-24-30(40-17-16-27(25-40)45-4)37-31(35-29)26-13-10-9-11-14-26/h9-11,13-14,24,27-28H,5-8,12,15-23,25H2,1-4H3,(H,36,41)/t27-,28+/m0/s1. The van der Waals surface area contributed by atoms with Crippen molar-refractivity contribution >= 4 is 31.3 Å². The molecule has 4 rings (SSSR count). The number of carbonyl (C=O) groups excluding carboxylic acids is 3. The Labute approximate surface area is 289 Å². The van der Waals surface area contributed by atoms with Crippen LogP contribution in [0.5, 0.6) is 0 Å². The van der Waals surface area contributed by atoms with Crippen molar-refractivity contribution < 1.29 is 37.5 Å². The lowest BCUT2D eigenvalue weighted by Gasteiger charge is -2.36. The van der Waals surface area contributed by atoms with Crippen LogP contribution in [0.2, 0.25) is 0 Å². The molecule has 14 nitrogen and oxygen atoms in total. The zero-order valence-electron chi connectivity index (χ0n) is 29.2. The molecule has 49 heavy (non-hydrogen) atoms. The smallest absolute Gasteiger partial charge is 0.409 e. The number of aromatic nitrogens is 2. The van der Waals surface area contributed by atoms with Crippen molar-refractivity contribution in [3.8, 4) is 11.4 Å². The van der Waals surface area contributed by atoms with Gasteiger partial charge in [0.25, 0.3) is 5.91 Å². The summed E-state index contributed by atoms with van der Waals surface area (Å²) in [7, 11) is -1.68. The van der Waals surface area contributed by atoms with Crippen LogP contribution in [0, 0.1) is 0 Å². The van der Waals surface area contributed by atoms with Gasteiger partial charge in [-0.2, -0.15) is 0 Å². The summed E-state index contributed by atoms with van der Waals surface area (Å²) in [6, 6.07) is 10.1. The maximum atomic E-state index is 14.0. The third-order valence-corrected chi connectivity index (χ3v) is 10.7. The highest BCUT2D eigenvalue weighted by atomic mass is 31.2. The first-order valence-corrected chi connectivity index (χ1v) is 19.0. The van der Waals surface area contributed by atoms with Crippen LogP contribution in [0.4, 0.5) is 10.6 Å². The van der Waals surface area contributed by atoms with Gasteiger partial charge in [0.2, 0.25) is 5.91 Å². The first-order valence-electron chi connectivity index (χ1n) is 17.3. The molecule has 0 radical (unpaired) electrons. The molecule has 0 saturated carbocycles. The molecule has 2 aliphatic heterocycles. The first-order chi connectivity index (χ1) is 23.7. The van der Waals surface area contributed by atoms with Crippen LogP contribution in [-0.4, -0.2) is 122 Å². The number of carbonyl (C=O) groups is 3. The number of benzene rings is 1. The van der Waals surface area contributed by atoms with Crippen LogP contribution in [0.25, 0.3) is 11.4 Å². The van der Waals surface area contributed by atoms with Crippen molar-refractivity contribution in [2.24, 2.45) is 0 Å². The van der Waals surface area contributed by atoms with Crippen LogP contribution in [0.1, 0.15) is 63.4 Å². The molecule has 2 fully saturated rings. The number of piperazine rings is 1. The molecule has 1 aromatic carbocycles. The number of nitrogens with one attached hydrogen (secondary N) is 1. The molecule has 270 valence electrons. The van der Waals surface area contributed by atoms with Crippen LogP contribution in [0.15, 0.2) is 36.4 Å². The molecule has 0 spiro atoms. The van der Waals surface area contributed by atoms with Crippen molar-refractivity contribution in [2.45, 2.75) is 65.0 Å². The van der Waals surface area contributed by atoms with Gasteiger partial charge >= 0.3 is 13.7 Å². The zero-order chi connectivity index (χ0) is 35.2. The third kappa shape index (κ3) is 11.0. The topological polar surface area (TPSA) is 153 Å². The number of nitrogens with zero attached hydrogens (tertiary/aromatic N) is 5. The number of methoxy groups -OCH3 is 1. The zero-order valence-corrected chi connectivity index (χ0v) is 30.1. The van der Waals surface area contributed by atoms with Gasteiger partial charge < -0.3 is 38.5 Å². The summed E-state index contributed by atoms with van der Waals surface area (Å²) in [6.45, 7) is 8.87. The van der Waals surface area contributed by atoms with E-state index in [9.17, 15) is 18.9 Å². The Morgan fingerprint density at radius 1 is 0.959 bits per heavy atom. The highest BCUT2D eigenvalue weighted by Gasteiger charge is 2.33. The van der Waals surface area contributed by atoms with E-state index in [1.54, 1.807) is 36.8 Å². The van der Waals surface area contributed by atoms with Gasteiger partial charge in [-0.1, -0.05) is 43.7 Å². The lowest BCUT2D eigenvalue weighted by Crippen LogP contribution is -2.56. The Bertz CT molecular complexity index is 1410. The second kappa shape index (κ2) is 19.0. The molecular formula is C34H51N6O8P. The summed E-state index contributed by atoms with van der Waals surface area (Å²) in [5.74, 6) is 0.161. The molecule has 15 heteroatoms. The number of amides is 3. The minimum absolute atomic E-state index is 0.0532. The van der Waals surface area contributed by atoms with E-state index in [0.29, 0.717) is 50.8 Å². The van der Waals surface area contributed by atoms with E-state index in [1.165, 1.54) is 0 Å². The van der Waals surface area contributed by atoms with E-state index in [4.69, 9.17) is 23.5 Å². The van der Waals surface area contributed by atoms with Gasteiger partial charge in [-0.05, 0) is 39.5 Å². The Hall–Kier alpha value is -3.58. The minimum atomic E-state index is -3.36. The number of unbranched alkanes of at least 4 members (excludes halogenated alkanes) is 1. The number of hydrogen-bond acceptors (Lipinski definition) is 11. The fourth-order valence-corrected chi connectivity index (χ4v) is 7.51. The quantitative estimate of drug-likeness (QED) is 0.182. The number of ether oxygens (including phenoxy) is 2. The minimum Gasteiger partial charge on any atom is -0.449 e. The largest absolute Gasteiger partial charge is 0.449 e. The summed E-state index contributed by atoms with van der Waals surface area (Å²) in [4.78, 5) is 55.1. The lowest BCUT2D eigenvalue weighted by atomic mass is 10.1. The van der Waals surface area contributed by atoms with E-state index in [2.05, 4.69) is 15.2 Å². The summed E-state index contributed by atoms with van der Waals surface area (Å²) in [5, 5.41) is 2.93. The second-order valence-electron chi connectivity index (χ2n) is 12.0. The normalized spacial score (nSPS) is 17.2. The van der Waals surface area contributed by atoms with Crippen molar-refractivity contribution in [3.63, 3.8) is 0 Å². The van der Waals surface area contributed by atoms with Crippen LogP contribution in [-0.2, 0) is 27.9 Å². The predicted molar refractivity (Wildman–Crippen MR) is 186 cm³/mol. The molecule has 3 heterocycles. The Balaban J connectivity index is 1.54. The number of anilines is 1. The van der Waals surface area contributed by atoms with Gasteiger partial charge in [0, 0.05) is 58.0 Å². The molecule has 1 N–H and O–H groups in total. The fraction of sp³-hybridized carbons (Fsp3) is 0.618. The number of rotatable bonds is 17. The molecule has 2 atom stereocenters. The first kappa shape index (κ1) is 38.2. The molecule has 2 saturated heterocycles. The molecule has 0 bridgehead atoms. The molecule has 1 aromatic heterocycles. The third-order valence-electron chi connectivity index (χ3n) is 8.53. The van der Waals surface area contributed by atoms with E-state index in [1.807, 2.05) is 37.3 Å². The maximum Gasteiger partial charge on any atom is 0.409 e. The van der Waals surface area contributed by atoms with Gasteiger partial charge in [-0.25, -0.2) is 14.8 Å². The Morgan fingerprint density at radius 3 is 2.29 bits per heavy atom. The van der Waals surface area contributed by atoms with Crippen LogP contribution >= 0.6 is 7.60 Å². The van der Waals surface area contributed by atoms with E-state index in [0.717, 1.165) is 24.8 Å². The van der Waals surface area contributed by atoms with Crippen LogP contribution < -0.4 is 10.2 Å². The van der Waals surface area contributed by atoms with E-state index in [-0.39, 0.29) is 56.6 Å². The van der Waals surface area contributed by atoms with Crippen molar-refractivity contribution in [3.05, 3.63) is 42.1 Å². The summed E-state index contributed by atoms with van der Waals surface area (Å²) in [5.41, 5.74) is 0.874. The fourth-order valence-electron chi connectivity index (χ4n) is 5.82. The predicted octanol–water partition coefficient (Wildman–Crippen LogP) is 4.59. The SMILES string of the molecule is CCCCOC(=O)N1CCN(C(=O)[C@@H](CCCP(=O)(OCC)OCC)NC(=O)c2cc(N3CC[C@H](OC)C3)nc(-c3ccccc3)n2)CC1. The summed E-state index contributed by atoms with van der Waals surface area (Å²) >= 11 is 0. The van der Waals surface area contributed by atoms with Crippen molar-refractivity contribution in [2.75, 3.05) is 77.3 Å². The molecule has 0 aliphatic carbocycles. The molecule has 0 unspecified atom stereocenters. The van der Waals surface area contributed by atoms with Crippen molar-refractivity contribution in [1.82, 2.24) is 25.1 Å². The maximum absolute atomic E-state index is 14.0. The molecule has 2 aliphatic rings. The average molecular weight is 703 g/mol. The van der Waals surface area contributed by atoms with Crippen molar-refractivity contribution in [1.29, 1.82) is 0 Å². The van der Waals surface area contributed by atoms with Gasteiger partial charge in [0.15, 0.2) is 5.82 Å². The molecule has 3 amide bonds. The summed E-state index contributed by atoms with van der Waals surface area (Å²) < 4.78 is 35.0. The molecule has 2 aromatic rings. The number of hydrogen-bond donors (Lipinski definition) is 1. The molecular weight excluding hydrogens is 651 g/mol. The average Bonchev–Trinajstić information content (AvgIpc) is 3.61. The monoisotopic (exact) mass is 702 g/mol. The Kier molecular flexibility index (Phi) is 14.8. The summed E-state index contributed by atoms with van der Waals surface area (Å²) in [6.07, 6.45) is 2.79. The second-order valence-corrected chi connectivity index (χ2v) is 14.2. The van der Waals surface area contributed by atoms with Gasteiger partial charge in [0.05, 0.1) is 32.1 Å². The highest BCUT2D eigenvalue weighted by Crippen LogP contribution is 2.48. The van der Waals surface area contributed by atoms with Gasteiger partial charge in [-0.15, -0.1) is 0 Å².